The second-order valence-electron chi connectivity index (χ2n) is 2.80. The Morgan fingerprint density at radius 3 is 2.57 bits per heavy atom. The Bertz CT molecular complexity index is 309. The maximum absolute atomic E-state index is 3.59. The highest BCUT2D eigenvalue weighted by Crippen LogP contribution is 2.03. The molecule has 72 valence electrons. The van der Waals surface area contributed by atoms with Crippen LogP contribution in [0.15, 0.2) is 67.3 Å². The molecule has 0 atom stereocenters. The van der Waals surface area contributed by atoms with Crippen LogP contribution in [0.1, 0.15) is 0 Å². The summed E-state index contributed by atoms with van der Waals surface area (Å²) in [6.45, 7) is 4.43. The lowest BCUT2D eigenvalue weighted by Gasteiger charge is -2.00. The fourth-order valence-corrected chi connectivity index (χ4v) is 1.02. The molecule has 0 aliphatic heterocycles. The molecular formula is C13H15N. The second kappa shape index (κ2) is 6.72. The lowest BCUT2D eigenvalue weighted by atomic mass is 10.3. The molecule has 1 nitrogen and oxygen atoms in total. The van der Waals surface area contributed by atoms with Crippen molar-refractivity contribution in [1.29, 1.82) is 0 Å². The number of allylic oxidation sites excluding steroid dienone is 4. The number of anilines is 1. The van der Waals surface area contributed by atoms with Crippen molar-refractivity contribution < 1.29 is 0 Å². The van der Waals surface area contributed by atoms with Crippen LogP contribution in [0.5, 0.6) is 0 Å². The molecule has 0 amide bonds. The summed E-state index contributed by atoms with van der Waals surface area (Å²) in [6, 6.07) is 10.1. The van der Waals surface area contributed by atoms with E-state index in [2.05, 4.69) is 18.0 Å². The molecular weight excluding hydrogens is 170 g/mol. The van der Waals surface area contributed by atoms with Gasteiger partial charge in [0.15, 0.2) is 0 Å². The summed E-state index contributed by atoms with van der Waals surface area (Å²) >= 11 is 0. The monoisotopic (exact) mass is 185 g/mol. The van der Waals surface area contributed by atoms with Crippen molar-refractivity contribution in [3.05, 3.63) is 67.3 Å². The summed E-state index contributed by atoms with van der Waals surface area (Å²) in [5.74, 6) is 0. The van der Waals surface area contributed by atoms with Crippen LogP contribution >= 0.6 is 0 Å². The van der Waals surface area contributed by atoms with Crippen LogP contribution in [0.2, 0.25) is 0 Å². The Morgan fingerprint density at radius 2 is 1.86 bits per heavy atom. The van der Waals surface area contributed by atoms with Gasteiger partial charge >= 0.3 is 0 Å². The van der Waals surface area contributed by atoms with E-state index in [9.17, 15) is 0 Å². The van der Waals surface area contributed by atoms with Crippen molar-refractivity contribution >= 4 is 5.69 Å². The maximum Gasteiger partial charge on any atom is 0.0342 e. The standard InChI is InChI=1S/C13H15N/c1-2-3-4-5-9-12-14-13-10-7-6-8-11-13/h2-11,14H,1,12H2/b4-3-,9-5-. The predicted molar refractivity (Wildman–Crippen MR) is 63.4 cm³/mol. The average Bonchev–Trinajstić information content (AvgIpc) is 2.25. The molecule has 1 heteroatoms. The molecule has 1 aromatic rings. The topological polar surface area (TPSA) is 12.0 Å². The third-order valence-corrected chi connectivity index (χ3v) is 1.69. The van der Waals surface area contributed by atoms with E-state index >= 15 is 0 Å². The molecule has 0 unspecified atom stereocenters. The summed E-state index contributed by atoms with van der Waals surface area (Å²) in [5.41, 5.74) is 1.14. The number of para-hydroxylation sites is 1. The summed E-state index contributed by atoms with van der Waals surface area (Å²) in [7, 11) is 0. The minimum absolute atomic E-state index is 0.839. The first-order valence-corrected chi connectivity index (χ1v) is 4.66. The van der Waals surface area contributed by atoms with Gasteiger partial charge in [0.1, 0.15) is 0 Å². The van der Waals surface area contributed by atoms with E-state index in [1.807, 2.05) is 48.6 Å². The van der Waals surface area contributed by atoms with Crippen molar-refractivity contribution in [2.24, 2.45) is 0 Å². The van der Waals surface area contributed by atoms with Crippen LogP contribution < -0.4 is 5.32 Å². The summed E-state index contributed by atoms with van der Waals surface area (Å²) in [6.07, 6.45) is 9.68. The molecule has 0 radical (unpaired) electrons. The maximum atomic E-state index is 3.59. The van der Waals surface area contributed by atoms with Crippen LogP contribution in [-0.4, -0.2) is 6.54 Å². The zero-order valence-corrected chi connectivity index (χ0v) is 8.19. The van der Waals surface area contributed by atoms with Crippen LogP contribution in [-0.2, 0) is 0 Å². The van der Waals surface area contributed by atoms with E-state index in [0.717, 1.165) is 12.2 Å². The lowest BCUT2D eigenvalue weighted by molar-refractivity contribution is 1.33. The number of nitrogens with one attached hydrogen (secondary N) is 1. The Balaban J connectivity index is 2.25. The minimum atomic E-state index is 0.839. The predicted octanol–water partition coefficient (Wildman–Crippen LogP) is 3.40. The Kier molecular flexibility index (Phi) is 4.96. The normalized spacial score (nSPS) is 10.9. The zero-order chi connectivity index (χ0) is 10.1. The number of hydrogen-bond donors (Lipinski definition) is 1. The highest BCUT2D eigenvalue weighted by Gasteiger charge is 1.83. The van der Waals surface area contributed by atoms with Gasteiger partial charge in [-0.1, -0.05) is 55.2 Å². The van der Waals surface area contributed by atoms with Gasteiger partial charge in [-0.25, -0.2) is 0 Å². The molecule has 0 aliphatic rings. The molecule has 0 aromatic heterocycles. The molecule has 0 bridgehead atoms. The first-order chi connectivity index (χ1) is 6.93. The molecule has 0 fully saturated rings. The molecule has 1 N–H and O–H groups in total. The third kappa shape index (κ3) is 4.31. The van der Waals surface area contributed by atoms with E-state index in [1.165, 1.54) is 0 Å². The molecule has 14 heavy (non-hydrogen) atoms. The molecule has 1 rings (SSSR count). The van der Waals surface area contributed by atoms with Crippen LogP contribution in [0.4, 0.5) is 5.69 Å². The van der Waals surface area contributed by atoms with Gasteiger partial charge in [-0.2, -0.15) is 0 Å². The van der Waals surface area contributed by atoms with Crippen LogP contribution in [0, 0.1) is 0 Å². The largest absolute Gasteiger partial charge is 0.382 e. The number of benzene rings is 1. The van der Waals surface area contributed by atoms with Crippen molar-refractivity contribution in [2.75, 3.05) is 11.9 Å². The summed E-state index contributed by atoms with van der Waals surface area (Å²) < 4.78 is 0. The third-order valence-electron chi connectivity index (χ3n) is 1.69. The quantitative estimate of drug-likeness (QED) is 0.693. The van der Waals surface area contributed by atoms with Gasteiger partial charge in [0, 0.05) is 12.2 Å². The Labute approximate surface area is 85.5 Å². The Morgan fingerprint density at radius 1 is 1.07 bits per heavy atom. The van der Waals surface area contributed by atoms with Crippen LogP contribution in [0.3, 0.4) is 0 Å². The fourth-order valence-electron chi connectivity index (χ4n) is 1.02. The summed E-state index contributed by atoms with van der Waals surface area (Å²) in [4.78, 5) is 0. The van der Waals surface area contributed by atoms with E-state index in [0.29, 0.717) is 0 Å². The SMILES string of the molecule is C=C/C=C\C=C/CNc1ccccc1. The number of hydrogen-bond acceptors (Lipinski definition) is 1. The van der Waals surface area contributed by atoms with E-state index in [-0.39, 0.29) is 0 Å². The zero-order valence-electron chi connectivity index (χ0n) is 8.19. The van der Waals surface area contributed by atoms with E-state index < -0.39 is 0 Å². The summed E-state index contributed by atoms with van der Waals surface area (Å²) in [5, 5.41) is 3.28. The first kappa shape index (κ1) is 10.3. The van der Waals surface area contributed by atoms with E-state index in [1.54, 1.807) is 6.08 Å². The molecule has 0 saturated heterocycles. The fraction of sp³-hybridized carbons (Fsp3) is 0.0769. The minimum Gasteiger partial charge on any atom is -0.382 e. The molecule has 0 spiro atoms. The average molecular weight is 185 g/mol. The first-order valence-electron chi connectivity index (χ1n) is 4.66. The van der Waals surface area contributed by atoms with Gasteiger partial charge in [-0.05, 0) is 12.1 Å². The van der Waals surface area contributed by atoms with Gasteiger partial charge in [0.05, 0.1) is 0 Å². The number of rotatable bonds is 5. The van der Waals surface area contributed by atoms with Crippen molar-refractivity contribution in [2.45, 2.75) is 0 Å². The molecule has 1 aromatic carbocycles. The van der Waals surface area contributed by atoms with Crippen molar-refractivity contribution in [3.63, 3.8) is 0 Å². The van der Waals surface area contributed by atoms with Crippen LogP contribution in [0.25, 0.3) is 0 Å². The van der Waals surface area contributed by atoms with Gasteiger partial charge < -0.3 is 5.32 Å². The highest BCUT2D eigenvalue weighted by molar-refractivity contribution is 5.42. The highest BCUT2D eigenvalue weighted by atomic mass is 14.8. The van der Waals surface area contributed by atoms with Crippen molar-refractivity contribution in [1.82, 2.24) is 0 Å². The molecule has 0 aliphatic carbocycles. The van der Waals surface area contributed by atoms with Gasteiger partial charge in [-0.3, -0.25) is 0 Å². The van der Waals surface area contributed by atoms with Gasteiger partial charge in [-0.15, -0.1) is 0 Å². The van der Waals surface area contributed by atoms with E-state index in [4.69, 9.17) is 0 Å². The van der Waals surface area contributed by atoms with Gasteiger partial charge in [0.25, 0.3) is 0 Å². The Hall–Kier alpha value is -1.76. The lowest BCUT2D eigenvalue weighted by Crippen LogP contribution is -1.96. The molecule has 0 saturated carbocycles. The smallest absolute Gasteiger partial charge is 0.0342 e. The van der Waals surface area contributed by atoms with Crippen molar-refractivity contribution in [3.8, 4) is 0 Å². The van der Waals surface area contributed by atoms with Gasteiger partial charge in [0.2, 0.25) is 0 Å². The second-order valence-corrected chi connectivity index (χ2v) is 2.80. The molecule has 0 heterocycles.